The second-order valence-corrected chi connectivity index (χ2v) is 8.44. The van der Waals surface area contributed by atoms with Crippen LogP contribution in [0.4, 0.5) is 0 Å². The number of nitrogens with one attached hydrogen (secondary N) is 1. The fraction of sp³-hybridized carbons (Fsp3) is 0.810. The monoisotopic (exact) mass is 518 g/mol. The molecule has 0 aromatic carbocycles. The summed E-state index contributed by atoms with van der Waals surface area (Å²) in [5.74, 6) is 2.27. The molecule has 0 saturated carbocycles. The maximum absolute atomic E-state index is 5.54. The largest absolute Gasteiger partial charge is 0.379 e. The van der Waals surface area contributed by atoms with Crippen LogP contribution in [0.5, 0.6) is 0 Å². The smallest absolute Gasteiger partial charge is 0.194 e. The molecular weight excluding hydrogens is 479 g/mol. The van der Waals surface area contributed by atoms with E-state index in [2.05, 4.69) is 58.6 Å². The molecule has 3 unspecified atom stereocenters. The fourth-order valence-electron chi connectivity index (χ4n) is 4.36. The molecule has 3 atom stereocenters. The molecule has 2 aliphatic heterocycles. The number of ether oxygens (including phenoxy) is 1. The van der Waals surface area contributed by atoms with Gasteiger partial charge >= 0.3 is 0 Å². The van der Waals surface area contributed by atoms with Crippen LogP contribution in [0.15, 0.2) is 23.7 Å². The lowest BCUT2D eigenvalue weighted by atomic mass is 9.93. The van der Waals surface area contributed by atoms with Gasteiger partial charge in [-0.25, -0.2) is 4.98 Å². The molecule has 0 amide bonds. The number of nitrogens with zero attached hydrogens (tertiary/aromatic N) is 5. The molecule has 1 aromatic rings. The van der Waals surface area contributed by atoms with Gasteiger partial charge in [0, 0.05) is 51.2 Å². The van der Waals surface area contributed by atoms with Crippen molar-refractivity contribution in [3.8, 4) is 0 Å². The number of halogens is 1. The number of guanidine groups is 1. The predicted octanol–water partition coefficient (Wildman–Crippen LogP) is 2.71. The predicted molar refractivity (Wildman–Crippen MR) is 129 cm³/mol. The standard InChI is InChI=1S/C21H38N6O.HI/c1-5-23-21(24-14-19(17(2)3)25-10-12-28-13-11-25)26-8-6-18(4)20(15-26)27-9-7-22-16-27;/h7,9,16-20H,5-6,8,10-15H2,1-4H3,(H,23,24);1H. The second-order valence-electron chi connectivity index (χ2n) is 8.44. The lowest BCUT2D eigenvalue weighted by Gasteiger charge is -2.40. The first-order chi connectivity index (χ1) is 13.6. The summed E-state index contributed by atoms with van der Waals surface area (Å²) in [5, 5.41) is 3.54. The highest BCUT2D eigenvalue weighted by Crippen LogP contribution is 2.27. The van der Waals surface area contributed by atoms with Gasteiger partial charge in [-0.2, -0.15) is 0 Å². The highest BCUT2D eigenvalue weighted by atomic mass is 127. The molecule has 2 saturated heterocycles. The van der Waals surface area contributed by atoms with Gasteiger partial charge in [-0.1, -0.05) is 20.8 Å². The van der Waals surface area contributed by atoms with E-state index in [1.165, 1.54) is 6.42 Å². The van der Waals surface area contributed by atoms with E-state index in [9.17, 15) is 0 Å². The van der Waals surface area contributed by atoms with Gasteiger partial charge in [-0.05, 0) is 25.2 Å². The summed E-state index contributed by atoms with van der Waals surface area (Å²) in [7, 11) is 0. The number of hydrogen-bond acceptors (Lipinski definition) is 4. The normalized spacial score (nSPS) is 25.0. The topological polar surface area (TPSA) is 57.9 Å². The molecule has 0 spiro atoms. The van der Waals surface area contributed by atoms with Crippen LogP contribution in [0.2, 0.25) is 0 Å². The summed E-state index contributed by atoms with van der Waals surface area (Å²) < 4.78 is 7.80. The fourth-order valence-corrected chi connectivity index (χ4v) is 4.36. The molecule has 166 valence electrons. The number of likely N-dealkylation sites (tertiary alicyclic amines) is 1. The average molecular weight is 518 g/mol. The lowest BCUT2D eigenvalue weighted by molar-refractivity contribution is 0.00860. The van der Waals surface area contributed by atoms with Crippen LogP contribution in [0.1, 0.15) is 40.2 Å². The molecule has 0 radical (unpaired) electrons. The van der Waals surface area contributed by atoms with E-state index in [0.29, 0.717) is 23.9 Å². The summed E-state index contributed by atoms with van der Waals surface area (Å²) in [6, 6.07) is 0.908. The molecule has 0 bridgehead atoms. The van der Waals surface area contributed by atoms with E-state index >= 15 is 0 Å². The molecule has 7 nitrogen and oxygen atoms in total. The first kappa shape index (κ1) is 24.4. The van der Waals surface area contributed by atoms with Crippen LogP contribution in [0.3, 0.4) is 0 Å². The number of morpholine rings is 1. The summed E-state index contributed by atoms with van der Waals surface area (Å²) >= 11 is 0. The molecule has 29 heavy (non-hydrogen) atoms. The molecule has 2 fully saturated rings. The Morgan fingerprint density at radius 3 is 2.66 bits per heavy atom. The van der Waals surface area contributed by atoms with Crippen molar-refractivity contribution >= 4 is 29.9 Å². The molecule has 1 N–H and O–H groups in total. The third-order valence-corrected chi connectivity index (χ3v) is 6.17. The quantitative estimate of drug-likeness (QED) is 0.357. The molecular formula is C21H39IN6O. The van der Waals surface area contributed by atoms with Crippen LogP contribution in [0.25, 0.3) is 0 Å². The minimum Gasteiger partial charge on any atom is -0.379 e. The average Bonchev–Trinajstić information content (AvgIpc) is 3.23. The van der Waals surface area contributed by atoms with Gasteiger partial charge in [0.05, 0.1) is 32.1 Å². The molecule has 0 aliphatic carbocycles. The van der Waals surface area contributed by atoms with Crippen molar-refractivity contribution < 1.29 is 4.74 Å². The van der Waals surface area contributed by atoms with Crippen LogP contribution in [0, 0.1) is 11.8 Å². The molecule has 2 aliphatic rings. The third kappa shape index (κ3) is 6.55. The Hall–Kier alpha value is -0.870. The maximum Gasteiger partial charge on any atom is 0.194 e. The van der Waals surface area contributed by atoms with Crippen molar-refractivity contribution in [1.29, 1.82) is 0 Å². The molecule has 8 heteroatoms. The first-order valence-electron chi connectivity index (χ1n) is 10.9. The highest BCUT2D eigenvalue weighted by molar-refractivity contribution is 14.0. The Morgan fingerprint density at radius 1 is 1.28 bits per heavy atom. The summed E-state index contributed by atoms with van der Waals surface area (Å²) in [6.07, 6.45) is 7.08. The second kappa shape index (κ2) is 12.1. The Bertz CT molecular complexity index is 602. The summed E-state index contributed by atoms with van der Waals surface area (Å²) in [6.45, 7) is 16.6. The van der Waals surface area contributed by atoms with Gasteiger partial charge in [0.1, 0.15) is 0 Å². The Labute approximate surface area is 193 Å². The van der Waals surface area contributed by atoms with Crippen molar-refractivity contribution in [2.24, 2.45) is 16.8 Å². The minimum absolute atomic E-state index is 0. The van der Waals surface area contributed by atoms with Crippen LogP contribution in [-0.2, 0) is 4.74 Å². The Balaban J connectivity index is 0.00000300. The minimum atomic E-state index is 0. The van der Waals surface area contributed by atoms with Gasteiger partial charge in [0.25, 0.3) is 0 Å². The van der Waals surface area contributed by atoms with Gasteiger partial charge in [-0.15, -0.1) is 24.0 Å². The SMILES string of the molecule is CCNC(=NCC(C(C)C)N1CCOCC1)N1CCC(C)C(n2ccnc2)C1.I. The Morgan fingerprint density at radius 2 is 2.03 bits per heavy atom. The van der Waals surface area contributed by atoms with Crippen LogP contribution in [-0.4, -0.2) is 83.8 Å². The maximum atomic E-state index is 5.54. The van der Waals surface area contributed by atoms with E-state index in [4.69, 9.17) is 9.73 Å². The molecule has 1 aromatic heterocycles. The van der Waals surface area contributed by atoms with Crippen molar-refractivity contribution in [2.45, 2.75) is 46.2 Å². The van der Waals surface area contributed by atoms with Gasteiger partial charge in [-0.3, -0.25) is 9.89 Å². The van der Waals surface area contributed by atoms with Crippen LogP contribution < -0.4 is 5.32 Å². The number of imidazole rings is 1. The number of rotatable bonds is 6. The van der Waals surface area contributed by atoms with E-state index in [-0.39, 0.29) is 24.0 Å². The molecule has 3 rings (SSSR count). The van der Waals surface area contributed by atoms with E-state index in [1.807, 2.05) is 12.5 Å². The number of piperidine rings is 1. The third-order valence-electron chi connectivity index (χ3n) is 6.17. The van der Waals surface area contributed by atoms with E-state index < -0.39 is 0 Å². The summed E-state index contributed by atoms with van der Waals surface area (Å²) in [5.41, 5.74) is 0. The van der Waals surface area contributed by atoms with Crippen molar-refractivity contribution in [3.63, 3.8) is 0 Å². The Kier molecular flexibility index (Phi) is 10.2. The number of hydrogen-bond donors (Lipinski definition) is 1. The zero-order valence-corrected chi connectivity index (χ0v) is 20.8. The lowest BCUT2D eigenvalue weighted by Crippen LogP contribution is -2.50. The zero-order chi connectivity index (χ0) is 19.9. The number of aliphatic imine (C=N–C) groups is 1. The summed E-state index contributed by atoms with van der Waals surface area (Å²) in [4.78, 5) is 14.3. The van der Waals surface area contributed by atoms with E-state index in [0.717, 1.165) is 58.4 Å². The van der Waals surface area contributed by atoms with Gasteiger partial charge in [0.15, 0.2) is 5.96 Å². The van der Waals surface area contributed by atoms with Crippen LogP contribution >= 0.6 is 24.0 Å². The van der Waals surface area contributed by atoms with Gasteiger partial charge < -0.3 is 19.5 Å². The highest BCUT2D eigenvalue weighted by Gasteiger charge is 2.29. The first-order valence-corrected chi connectivity index (χ1v) is 10.9. The van der Waals surface area contributed by atoms with Crippen molar-refractivity contribution in [1.82, 2.24) is 24.7 Å². The van der Waals surface area contributed by atoms with E-state index in [1.54, 1.807) is 0 Å². The van der Waals surface area contributed by atoms with Crippen molar-refractivity contribution in [3.05, 3.63) is 18.7 Å². The molecule has 3 heterocycles. The van der Waals surface area contributed by atoms with Crippen molar-refractivity contribution in [2.75, 3.05) is 52.5 Å². The zero-order valence-electron chi connectivity index (χ0n) is 18.5. The van der Waals surface area contributed by atoms with Gasteiger partial charge in [0.2, 0.25) is 0 Å². The number of aromatic nitrogens is 2.